The Labute approximate surface area is 193 Å². The third-order valence-electron chi connectivity index (χ3n) is 4.44. The van der Waals surface area contributed by atoms with Crippen LogP contribution in [0, 0.1) is 0 Å². The van der Waals surface area contributed by atoms with E-state index in [4.69, 9.17) is 4.18 Å². The molecule has 0 aliphatic heterocycles. The van der Waals surface area contributed by atoms with Crippen LogP contribution in [0.2, 0.25) is 0 Å². The summed E-state index contributed by atoms with van der Waals surface area (Å²) in [7, 11) is -3.24. The van der Waals surface area contributed by atoms with E-state index in [1.54, 1.807) is 39.8 Å². The lowest BCUT2D eigenvalue weighted by Gasteiger charge is -2.25. The summed E-state index contributed by atoms with van der Waals surface area (Å²) in [5.41, 5.74) is -1.60. The molecular formula is C19H27F6NO3S3. The van der Waals surface area contributed by atoms with Gasteiger partial charge in [-0.3, -0.25) is 0 Å². The van der Waals surface area contributed by atoms with Crippen molar-refractivity contribution in [2.45, 2.75) is 82.0 Å². The highest BCUT2D eigenvalue weighted by Gasteiger charge is 2.55. The summed E-state index contributed by atoms with van der Waals surface area (Å²) in [6.45, 7) is 10.9. The molecule has 0 saturated carbocycles. The lowest BCUT2D eigenvalue weighted by atomic mass is 9.88. The number of nitrogens with one attached hydrogen (secondary N) is 1. The zero-order chi connectivity index (χ0) is 25.0. The second-order valence-corrected chi connectivity index (χ2v) is 11.4. The van der Waals surface area contributed by atoms with Crippen LogP contribution in [0.25, 0.3) is 0 Å². The highest BCUT2D eigenvalue weighted by atomic mass is 32.2. The summed E-state index contributed by atoms with van der Waals surface area (Å²) in [5.74, 6) is -3.62. The monoisotopic (exact) mass is 527 g/mol. The smallest absolute Gasteiger partial charge is 0.390 e. The van der Waals surface area contributed by atoms with Gasteiger partial charge in [-0.1, -0.05) is 53.7 Å². The molecule has 0 radical (unpaired) electrons. The molecule has 0 bridgehead atoms. The second-order valence-electron chi connectivity index (χ2n) is 7.88. The molecule has 0 amide bonds. The van der Waals surface area contributed by atoms with Crippen molar-refractivity contribution >= 4 is 34.0 Å². The molecule has 0 heterocycles. The number of hydrogen-bond donors (Lipinski definition) is 1. The standard InChI is InChI=1S/C19H27F6NO3S3/c1-9(2)12-7-13(10(3)4)15(14(8-12)11(5)6)29-32(28)19(24,25)16(20)17(21)31(27)26-30-18(22)23/h7-11,16-18,26H,1-6H3. The minimum atomic E-state index is -4.91. The van der Waals surface area contributed by atoms with E-state index in [2.05, 4.69) is 0 Å². The van der Waals surface area contributed by atoms with Crippen molar-refractivity contribution in [1.82, 2.24) is 4.13 Å². The first-order valence-electron chi connectivity index (χ1n) is 9.65. The fourth-order valence-corrected chi connectivity index (χ4v) is 4.87. The van der Waals surface area contributed by atoms with Crippen LogP contribution in [0.1, 0.15) is 76.0 Å². The molecule has 4 nitrogen and oxygen atoms in total. The van der Waals surface area contributed by atoms with Gasteiger partial charge in [0.2, 0.25) is 11.7 Å². The Morgan fingerprint density at radius 2 is 1.38 bits per heavy atom. The van der Waals surface area contributed by atoms with E-state index >= 15 is 0 Å². The lowest BCUT2D eigenvalue weighted by molar-refractivity contribution is -0.0145. The first-order valence-corrected chi connectivity index (χ1v) is 12.8. The molecule has 186 valence electrons. The number of rotatable bonds is 12. The van der Waals surface area contributed by atoms with Gasteiger partial charge in [-0.15, -0.1) is 0 Å². The van der Waals surface area contributed by atoms with Crippen LogP contribution in [-0.4, -0.2) is 31.1 Å². The fraction of sp³-hybridized carbons (Fsp3) is 0.684. The third kappa shape index (κ3) is 7.36. The molecule has 0 saturated heterocycles. The minimum Gasteiger partial charge on any atom is -0.396 e. The van der Waals surface area contributed by atoms with Crippen LogP contribution < -0.4 is 8.31 Å². The van der Waals surface area contributed by atoms with Gasteiger partial charge in [0.25, 0.3) is 16.8 Å². The zero-order valence-corrected chi connectivity index (χ0v) is 20.8. The van der Waals surface area contributed by atoms with Crippen molar-refractivity contribution in [1.29, 1.82) is 0 Å². The van der Waals surface area contributed by atoms with Gasteiger partial charge in [0.05, 0.1) is 0 Å². The Balaban J connectivity index is 3.27. The largest absolute Gasteiger partial charge is 0.396 e. The maximum atomic E-state index is 14.4. The summed E-state index contributed by atoms with van der Waals surface area (Å²) in [4.78, 5) is 0. The summed E-state index contributed by atoms with van der Waals surface area (Å²) in [5, 5.41) is -4.91. The van der Waals surface area contributed by atoms with E-state index in [0.717, 1.165) is 5.56 Å². The molecule has 0 aliphatic carbocycles. The van der Waals surface area contributed by atoms with Crippen LogP contribution >= 0.6 is 11.9 Å². The predicted molar refractivity (Wildman–Crippen MR) is 117 cm³/mol. The number of hydrogen-bond acceptors (Lipinski definition) is 4. The first kappa shape index (κ1) is 29.2. The second kappa shape index (κ2) is 12.1. The normalized spacial score (nSPS) is 16.6. The molecule has 0 aromatic heterocycles. The van der Waals surface area contributed by atoms with Crippen LogP contribution in [-0.2, 0) is 22.1 Å². The van der Waals surface area contributed by atoms with E-state index < -0.39 is 56.7 Å². The van der Waals surface area contributed by atoms with Gasteiger partial charge >= 0.3 is 5.25 Å². The molecule has 4 atom stereocenters. The van der Waals surface area contributed by atoms with E-state index in [-0.39, 0.29) is 23.5 Å². The Hall–Kier alpha value is -0.790. The fourth-order valence-electron chi connectivity index (χ4n) is 2.60. The number of alkyl halides is 6. The quantitative estimate of drug-likeness (QED) is 0.251. The Kier molecular flexibility index (Phi) is 11.0. The average molecular weight is 528 g/mol. The molecule has 1 rings (SSSR count). The molecule has 0 fully saturated rings. The average Bonchev–Trinajstić information content (AvgIpc) is 2.69. The summed E-state index contributed by atoms with van der Waals surface area (Å²) >= 11 is -4.22. The van der Waals surface area contributed by atoms with Gasteiger partial charge in [0, 0.05) is 11.9 Å². The van der Waals surface area contributed by atoms with Crippen molar-refractivity contribution in [2.24, 2.45) is 0 Å². The van der Waals surface area contributed by atoms with Gasteiger partial charge in [-0.05, 0) is 34.4 Å². The summed E-state index contributed by atoms with van der Waals surface area (Å²) in [6, 6.07) is 3.44. The Morgan fingerprint density at radius 3 is 1.75 bits per heavy atom. The van der Waals surface area contributed by atoms with Gasteiger partial charge in [-0.25, -0.2) is 17.2 Å². The van der Waals surface area contributed by atoms with E-state index in [1.807, 2.05) is 13.8 Å². The Morgan fingerprint density at radius 1 is 0.906 bits per heavy atom. The summed E-state index contributed by atoms with van der Waals surface area (Å²) < 4.78 is 111. The lowest BCUT2D eigenvalue weighted by Crippen LogP contribution is -2.45. The molecule has 1 N–H and O–H groups in total. The molecule has 0 aliphatic rings. The highest BCUT2D eigenvalue weighted by Crippen LogP contribution is 2.40. The minimum absolute atomic E-state index is 0.0992. The van der Waals surface area contributed by atoms with Gasteiger partial charge in [0.15, 0.2) is 0 Å². The molecule has 32 heavy (non-hydrogen) atoms. The summed E-state index contributed by atoms with van der Waals surface area (Å²) in [6.07, 6.45) is -3.84. The molecule has 1 aromatic rings. The maximum Gasteiger partial charge on any atom is 0.390 e. The van der Waals surface area contributed by atoms with Crippen molar-refractivity contribution in [3.05, 3.63) is 28.8 Å². The molecule has 0 spiro atoms. The van der Waals surface area contributed by atoms with E-state index in [9.17, 15) is 34.8 Å². The SMILES string of the molecule is CC(C)c1cc(C(C)C)c(OS(=O)C(F)(F)C(F)C(F)S(=O)NSC(F)F)c(C(C)C)c1. The van der Waals surface area contributed by atoms with Crippen LogP contribution in [0.3, 0.4) is 0 Å². The number of halogens is 6. The maximum absolute atomic E-state index is 14.4. The highest BCUT2D eigenvalue weighted by molar-refractivity contribution is 8.07. The van der Waals surface area contributed by atoms with Crippen LogP contribution in [0.15, 0.2) is 12.1 Å². The number of benzene rings is 1. The molecule has 13 heteroatoms. The van der Waals surface area contributed by atoms with Crippen molar-refractivity contribution in [2.75, 3.05) is 0 Å². The Bertz CT molecular complexity index is 794. The predicted octanol–water partition coefficient (Wildman–Crippen LogP) is 6.45. The van der Waals surface area contributed by atoms with E-state index in [0.29, 0.717) is 11.1 Å². The molecule has 4 unspecified atom stereocenters. The van der Waals surface area contributed by atoms with Gasteiger partial charge < -0.3 is 4.18 Å². The molecular weight excluding hydrogens is 500 g/mol. The van der Waals surface area contributed by atoms with Crippen molar-refractivity contribution in [3.8, 4) is 5.75 Å². The van der Waals surface area contributed by atoms with Gasteiger partial charge in [0.1, 0.15) is 16.7 Å². The van der Waals surface area contributed by atoms with Crippen molar-refractivity contribution < 1.29 is 38.9 Å². The van der Waals surface area contributed by atoms with E-state index in [1.165, 1.54) is 4.13 Å². The topological polar surface area (TPSA) is 55.4 Å². The first-order chi connectivity index (χ1) is 14.6. The zero-order valence-electron chi connectivity index (χ0n) is 18.3. The van der Waals surface area contributed by atoms with Gasteiger partial charge in [-0.2, -0.15) is 21.7 Å². The van der Waals surface area contributed by atoms with Crippen molar-refractivity contribution in [3.63, 3.8) is 0 Å². The molecule has 1 aromatic carbocycles. The third-order valence-corrected chi connectivity index (χ3v) is 7.29. The van der Waals surface area contributed by atoms with Crippen LogP contribution in [0.5, 0.6) is 5.75 Å². The van der Waals surface area contributed by atoms with Crippen LogP contribution in [0.4, 0.5) is 26.3 Å².